The first kappa shape index (κ1) is 9.94. The Hall–Kier alpha value is -1.14. The van der Waals surface area contributed by atoms with Crippen LogP contribution in [0.15, 0.2) is 29.5 Å². The van der Waals surface area contributed by atoms with Crippen LogP contribution in [0.2, 0.25) is 0 Å². The van der Waals surface area contributed by atoms with Crippen molar-refractivity contribution in [1.29, 1.82) is 0 Å². The van der Waals surface area contributed by atoms with Crippen LogP contribution < -0.4 is 5.14 Å². The fourth-order valence-electron chi connectivity index (χ4n) is 0.869. The van der Waals surface area contributed by atoms with Crippen LogP contribution in [0.5, 0.6) is 0 Å². The van der Waals surface area contributed by atoms with Gasteiger partial charge < -0.3 is 5.21 Å². The average Bonchev–Trinajstić information content (AvgIpc) is 2.04. The highest BCUT2D eigenvalue weighted by atomic mass is 32.2. The van der Waals surface area contributed by atoms with Gasteiger partial charge in [0.25, 0.3) is 0 Å². The third-order valence-electron chi connectivity index (χ3n) is 1.90. The van der Waals surface area contributed by atoms with Crippen molar-refractivity contribution < 1.29 is 13.6 Å². The third-order valence-corrected chi connectivity index (χ3v) is 3.40. The van der Waals surface area contributed by atoms with Crippen LogP contribution in [0, 0.1) is 0 Å². The Bertz CT molecular complexity index is 376. The molecule has 13 heavy (non-hydrogen) atoms. The number of nitrogens with two attached hydrogens (primary N) is 1. The molecule has 72 valence electrons. The first-order chi connectivity index (χ1) is 5.89. The summed E-state index contributed by atoms with van der Waals surface area (Å²) in [6, 6.07) is 0. The van der Waals surface area contributed by atoms with E-state index < -0.39 is 14.8 Å². The fourth-order valence-corrected chi connectivity index (χ4v) is 1.38. The summed E-state index contributed by atoms with van der Waals surface area (Å²) in [5, 5.41) is 16.3. The van der Waals surface area contributed by atoms with E-state index in [4.69, 9.17) is 10.3 Å². The van der Waals surface area contributed by atoms with Gasteiger partial charge in [0.2, 0.25) is 10.0 Å². The predicted molar refractivity (Wildman–Crippen MR) is 49.0 cm³/mol. The largest absolute Gasteiger partial charge is 0.410 e. The second-order valence-electron chi connectivity index (χ2n) is 2.92. The standard InChI is InChI=1S/C7H10N2O3S/c1-7(13(8,11)12)4-2-6(9-10)3-5-7/h2-5,10H,1H3,(H2,8,11,12). The van der Waals surface area contributed by atoms with Gasteiger partial charge in [-0.1, -0.05) is 17.3 Å². The van der Waals surface area contributed by atoms with Gasteiger partial charge in [-0.2, -0.15) is 0 Å². The summed E-state index contributed by atoms with van der Waals surface area (Å²) in [7, 11) is -3.67. The smallest absolute Gasteiger partial charge is 0.221 e. The van der Waals surface area contributed by atoms with Crippen molar-refractivity contribution in [2.45, 2.75) is 11.7 Å². The number of hydrogen-bond donors (Lipinski definition) is 2. The quantitative estimate of drug-likeness (QED) is 0.462. The molecule has 0 amide bonds. The van der Waals surface area contributed by atoms with Crippen molar-refractivity contribution in [2.24, 2.45) is 10.3 Å². The van der Waals surface area contributed by atoms with Gasteiger partial charge in [-0.25, -0.2) is 13.6 Å². The van der Waals surface area contributed by atoms with Crippen molar-refractivity contribution >= 4 is 15.7 Å². The van der Waals surface area contributed by atoms with E-state index in [1.165, 1.54) is 31.2 Å². The van der Waals surface area contributed by atoms with Gasteiger partial charge in [-0.05, 0) is 19.1 Å². The molecule has 0 unspecified atom stereocenters. The molecule has 1 aliphatic rings. The molecule has 0 saturated heterocycles. The zero-order valence-electron chi connectivity index (χ0n) is 7.01. The molecule has 0 spiro atoms. The van der Waals surface area contributed by atoms with E-state index in [1.54, 1.807) is 0 Å². The molecule has 0 aliphatic heterocycles. The molecule has 0 aromatic rings. The molecular formula is C7H10N2O3S. The minimum absolute atomic E-state index is 0.293. The highest BCUT2D eigenvalue weighted by Crippen LogP contribution is 2.21. The van der Waals surface area contributed by atoms with Crippen LogP contribution >= 0.6 is 0 Å². The van der Waals surface area contributed by atoms with Crippen LogP contribution in [-0.2, 0) is 10.0 Å². The maximum Gasteiger partial charge on any atom is 0.221 e. The summed E-state index contributed by atoms with van der Waals surface area (Å²) in [5.74, 6) is 0. The summed E-state index contributed by atoms with van der Waals surface area (Å²) < 4.78 is 20.9. The molecule has 0 heterocycles. The van der Waals surface area contributed by atoms with Crippen molar-refractivity contribution in [3.8, 4) is 0 Å². The van der Waals surface area contributed by atoms with Gasteiger partial charge in [-0.3, -0.25) is 0 Å². The van der Waals surface area contributed by atoms with Crippen molar-refractivity contribution in [3.63, 3.8) is 0 Å². The maximum absolute atomic E-state index is 11.1. The molecule has 1 aliphatic carbocycles. The molecule has 1 rings (SSSR count). The predicted octanol–water partition coefficient (Wildman–Crippen LogP) is -0.0102. The number of primary sulfonamides is 1. The molecule has 0 fully saturated rings. The summed E-state index contributed by atoms with van der Waals surface area (Å²) in [4.78, 5) is 0. The monoisotopic (exact) mass is 202 g/mol. The Morgan fingerprint density at radius 2 is 1.92 bits per heavy atom. The van der Waals surface area contributed by atoms with E-state index in [0.717, 1.165) is 0 Å². The van der Waals surface area contributed by atoms with Crippen molar-refractivity contribution in [3.05, 3.63) is 24.3 Å². The highest BCUT2D eigenvalue weighted by molar-refractivity contribution is 7.90. The highest BCUT2D eigenvalue weighted by Gasteiger charge is 2.32. The molecule has 0 aromatic heterocycles. The van der Waals surface area contributed by atoms with Gasteiger partial charge in [0.05, 0.1) is 0 Å². The minimum Gasteiger partial charge on any atom is -0.410 e. The van der Waals surface area contributed by atoms with Crippen molar-refractivity contribution in [1.82, 2.24) is 0 Å². The lowest BCUT2D eigenvalue weighted by atomic mass is 10.0. The van der Waals surface area contributed by atoms with Crippen LogP contribution in [0.1, 0.15) is 6.92 Å². The number of sulfonamides is 1. The van der Waals surface area contributed by atoms with Gasteiger partial charge in [0.15, 0.2) is 0 Å². The number of nitrogens with zero attached hydrogens (tertiary/aromatic N) is 1. The van der Waals surface area contributed by atoms with E-state index in [2.05, 4.69) is 5.16 Å². The van der Waals surface area contributed by atoms with Crippen LogP contribution in [0.25, 0.3) is 0 Å². The second kappa shape index (κ2) is 2.97. The first-order valence-corrected chi connectivity index (χ1v) is 5.06. The van der Waals surface area contributed by atoms with Crippen LogP contribution in [0.4, 0.5) is 0 Å². The Kier molecular flexibility index (Phi) is 2.27. The van der Waals surface area contributed by atoms with Gasteiger partial charge >= 0.3 is 0 Å². The molecule has 0 aromatic carbocycles. The lowest BCUT2D eigenvalue weighted by molar-refractivity contribution is 0.320. The summed E-state index contributed by atoms with van der Waals surface area (Å²) in [6.07, 6.45) is 5.53. The molecule has 6 heteroatoms. The average molecular weight is 202 g/mol. The second-order valence-corrected chi connectivity index (χ2v) is 4.89. The number of hydrogen-bond acceptors (Lipinski definition) is 4. The van der Waals surface area contributed by atoms with E-state index in [9.17, 15) is 8.42 Å². The Morgan fingerprint density at radius 3 is 2.23 bits per heavy atom. The minimum atomic E-state index is -3.67. The zero-order valence-corrected chi connectivity index (χ0v) is 7.82. The SMILES string of the molecule is CC1(S(N)(=O)=O)C=CC(=NO)C=C1. The first-order valence-electron chi connectivity index (χ1n) is 3.52. The number of oxime groups is 1. The molecule has 0 saturated carbocycles. The summed E-state index contributed by atoms with van der Waals surface area (Å²) >= 11 is 0. The van der Waals surface area contributed by atoms with E-state index in [0.29, 0.717) is 5.71 Å². The lowest BCUT2D eigenvalue weighted by Crippen LogP contribution is -2.38. The number of rotatable bonds is 1. The molecule has 0 bridgehead atoms. The maximum atomic E-state index is 11.1. The van der Waals surface area contributed by atoms with E-state index >= 15 is 0 Å². The summed E-state index contributed by atoms with van der Waals surface area (Å²) in [6.45, 7) is 1.46. The molecule has 3 N–H and O–H groups in total. The van der Waals surface area contributed by atoms with Gasteiger partial charge in [0.1, 0.15) is 10.5 Å². The zero-order chi connectivity index (χ0) is 10.1. The Morgan fingerprint density at radius 1 is 1.46 bits per heavy atom. The van der Waals surface area contributed by atoms with E-state index in [1.807, 2.05) is 0 Å². The van der Waals surface area contributed by atoms with Crippen LogP contribution in [0.3, 0.4) is 0 Å². The molecular weight excluding hydrogens is 192 g/mol. The molecule has 5 nitrogen and oxygen atoms in total. The summed E-state index contributed by atoms with van der Waals surface area (Å²) in [5.41, 5.74) is 0.293. The van der Waals surface area contributed by atoms with Crippen molar-refractivity contribution in [2.75, 3.05) is 0 Å². The fraction of sp³-hybridized carbons (Fsp3) is 0.286. The Balaban J connectivity index is 3.10. The third kappa shape index (κ3) is 1.78. The lowest BCUT2D eigenvalue weighted by Gasteiger charge is -2.21. The van der Waals surface area contributed by atoms with E-state index in [-0.39, 0.29) is 0 Å². The number of allylic oxidation sites excluding steroid dienone is 2. The topological polar surface area (TPSA) is 92.8 Å². The Labute approximate surface area is 76.3 Å². The molecule has 0 atom stereocenters. The van der Waals surface area contributed by atoms with Gasteiger partial charge in [-0.15, -0.1) is 0 Å². The van der Waals surface area contributed by atoms with Crippen LogP contribution in [-0.4, -0.2) is 24.1 Å². The van der Waals surface area contributed by atoms with Gasteiger partial charge in [0, 0.05) is 0 Å². The normalized spacial score (nSPS) is 27.7. The molecule has 0 radical (unpaired) electrons.